The van der Waals surface area contributed by atoms with Gasteiger partial charge in [-0.05, 0) is 31.9 Å². The van der Waals surface area contributed by atoms with Crippen LogP contribution in [0, 0.1) is 6.92 Å². The highest BCUT2D eigenvalue weighted by molar-refractivity contribution is 5.74. The van der Waals surface area contributed by atoms with E-state index >= 15 is 0 Å². The maximum atomic E-state index is 11.7. The number of benzene rings is 1. The molecule has 2 amide bonds. The predicted octanol–water partition coefficient (Wildman–Crippen LogP) is 2.96. The molecule has 0 atom stereocenters. The van der Waals surface area contributed by atoms with E-state index in [1.165, 1.54) is 24.8 Å². The van der Waals surface area contributed by atoms with Gasteiger partial charge in [0.25, 0.3) is 0 Å². The zero-order valence-electron chi connectivity index (χ0n) is 11.4. The van der Waals surface area contributed by atoms with Gasteiger partial charge in [0.1, 0.15) is 5.75 Å². The highest BCUT2D eigenvalue weighted by atomic mass is 16.5. The lowest BCUT2D eigenvalue weighted by Gasteiger charge is -2.22. The number of carbonyl (C=O) groups excluding carboxylic acids is 1. The van der Waals surface area contributed by atoms with E-state index in [1.807, 2.05) is 31.2 Å². The maximum absolute atomic E-state index is 11.7. The van der Waals surface area contributed by atoms with Crippen molar-refractivity contribution in [3.8, 4) is 5.75 Å². The molecule has 0 radical (unpaired) electrons. The second-order valence-corrected chi connectivity index (χ2v) is 5.09. The lowest BCUT2D eigenvalue weighted by molar-refractivity contribution is 0.217. The van der Waals surface area contributed by atoms with Crippen LogP contribution in [0.1, 0.15) is 37.7 Å². The Bertz CT molecular complexity index is 397. The molecule has 0 heterocycles. The molecule has 104 valence electrons. The van der Waals surface area contributed by atoms with Crippen molar-refractivity contribution < 1.29 is 9.53 Å². The first-order chi connectivity index (χ1) is 9.24. The number of urea groups is 1. The van der Waals surface area contributed by atoms with E-state index in [9.17, 15) is 4.79 Å². The number of rotatable bonds is 4. The monoisotopic (exact) mass is 262 g/mol. The van der Waals surface area contributed by atoms with Crippen LogP contribution in [0.25, 0.3) is 0 Å². The number of ether oxygens (including phenoxy) is 1. The van der Waals surface area contributed by atoms with Crippen molar-refractivity contribution in [2.75, 3.05) is 6.73 Å². The molecule has 1 aliphatic rings. The van der Waals surface area contributed by atoms with E-state index in [4.69, 9.17) is 4.74 Å². The standard InChI is InChI=1S/C15H22N2O2/c1-12-7-9-14(10-8-12)19-11-16-15(18)17-13-5-3-2-4-6-13/h7-10,13H,2-6,11H2,1H3,(H2,16,17,18). The van der Waals surface area contributed by atoms with Crippen LogP contribution in [-0.4, -0.2) is 18.8 Å². The fourth-order valence-corrected chi connectivity index (χ4v) is 2.30. The van der Waals surface area contributed by atoms with Crippen LogP contribution in [0.3, 0.4) is 0 Å². The Labute approximate surface area is 114 Å². The third-order valence-corrected chi connectivity index (χ3v) is 3.43. The Morgan fingerprint density at radius 2 is 1.89 bits per heavy atom. The molecule has 1 saturated carbocycles. The van der Waals surface area contributed by atoms with E-state index in [-0.39, 0.29) is 12.8 Å². The number of hydrogen-bond acceptors (Lipinski definition) is 2. The summed E-state index contributed by atoms with van der Waals surface area (Å²) in [5.41, 5.74) is 1.19. The molecule has 2 N–H and O–H groups in total. The summed E-state index contributed by atoms with van der Waals surface area (Å²) in [6.45, 7) is 2.22. The van der Waals surface area contributed by atoms with Crippen LogP contribution < -0.4 is 15.4 Å². The smallest absolute Gasteiger partial charge is 0.317 e. The van der Waals surface area contributed by atoms with Crippen LogP contribution in [-0.2, 0) is 0 Å². The Morgan fingerprint density at radius 3 is 2.58 bits per heavy atom. The molecule has 1 aromatic carbocycles. The number of amides is 2. The normalized spacial score (nSPS) is 15.8. The number of aryl methyl sites for hydroxylation is 1. The van der Waals surface area contributed by atoms with Crippen molar-refractivity contribution in [1.82, 2.24) is 10.6 Å². The molecule has 4 nitrogen and oxygen atoms in total. The molecule has 1 fully saturated rings. The fourth-order valence-electron chi connectivity index (χ4n) is 2.30. The Morgan fingerprint density at radius 1 is 1.21 bits per heavy atom. The van der Waals surface area contributed by atoms with E-state index in [0.29, 0.717) is 6.04 Å². The number of hydrogen-bond donors (Lipinski definition) is 2. The van der Waals surface area contributed by atoms with Crippen molar-refractivity contribution >= 4 is 6.03 Å². The van der Waals surface area contributed by atoms with Crippen molar-refractivity contribution in [3.63, 3.8) is 0 Å². The average Bonchev–Trinajstić information content (AvgIpc) is 2.42. The van der Waals surface area contributed by atoms with Gasteiger partial charge < -0.3 is 15.4 Å². The summed E-state index contributed by atoms with van der Waals surface area (Å²) in [5.74, 6) is 0.767. The first-order valence-electron chi connectivity index (χ1n) is 6.98. The highest BCUT2D eigenvalue weighted by Crippen LogP contribution is 2.17. The molecule has 4 heteroatoms. The molecule has 0 aromatic heterocycles. The Kier molecular flexibility index (Phi) is 5.07. The molecular formula is C15H22N2O2. The maximum Gasteiger partial charge on any atom is 0.317 e. The van der Waals surface area contributed by atoms with E-state index in [1.54, 1.807) is 0 Å². The fraction of sp³-hybridized carbons (Fsp3) is 0.533. The molecule has 0 saturated heterocycles. The molecule has 0 unspecified atom stereocenters. The second-order valence-electron chi connectivity index (χ2n) is 5.09. The van der Waals surface area contributed by atoms with Crippen molar-refractivity contribution in [1.29, 1.82) is 0 Å². The van der Waals surface area contributed by atoms with Crippen LogP contribution in [0.2, 0.25) is 0 Å². The van der Waals surface area contributed by atoms with Crippen molar-refractivity contribution in [3.05, 3.63) is 29.8 Å². The largest absolute Gasteiger partial charge is 0.473 e. The van der Waals surface area contributed by atoms with Crippen molar-refractivity contribution in [2.45, 2.75) is 45.1 Å². The molecule has 1 aliphatic carbocycles. The lowest BCUT2D eigenvalue weighted by Crippen LogP contribution is -2.44. The SMILES string of the molecule is Cc1ccc(OCNC(=O)NC2CCCCC2)cc1. The van der Waals surface area contributed by atoms with Crippen LogP contribution >= 0.6 is 0 Å². The summed E-state index contributed by atoms with van der Waals surface area (Å²) in [6, 6.07) is 7.95. The molecule has 1 aromatic rings. The second kappa shape index (κ2) is 7.02. The van der Waals surface area contributed by atoms with Crippen LogP contribution in [0.15, 0.2) is 24.3 Å². The number of carbonyl (C=O) groups is 1. The summed E-state index contributed by atoms with van der Waals surface area (Å²) < 4.78 is 5.45. The van der Waals surface area contributed by atoms with Gasteiger partial charge in [-0.3, -0.25) is 0 Å². The third-order valence-electron chi connectivity index (χ3n) is 3.43. The predicted molar refractivity (Wildman–Crippen MR) is 75.2 cm³/mol. The zero-order chi connectivity index (χ0) is 13.5. The molecule has 19 heavy (non-hydrogen) atoms. The Balaban J connectivity index is 1.64. The number of nitrogens with one attached hydrogen (secondary N) is 2. The zero-order valence-corrected chi connectivity index (χ0v) is 11.4. The van der Waals surface area contributed by atoms with Crippen LogP contribution in [0.4, 0.5) is 4.79 Å². The lowest BCUT2D eigenvalue weighted by atomic mass is 9.96. The summed E-state index contributed by atoms with van der Waals surface area (Å²) in [4.78, 5) is 11.7. The van der Waals surface area contributed by atoms with Gasteiger partial charge in [-0.15, -0.1) is 0 Å². The van der Waals surface area contributed by atoms with E-state index in [0.717, 1.165) is 18.6 Å². The molecule has 2 rings (SSSR count). The van der Waals surface area contributed by atoms with Gasteiger partial charge in [-0.2, -0.15) is 0 Å². The van der Waals surface area contributed by atoms with Crippen molar-refractivity contribution in [2.24, 2.45) is 0 Å². The van der Waals surface area contributed by atoms with E-state index < -0.39 is 0 Å². The van der Waals surface area contributed by atoms with E-state index in [2.05, 4.69) is 10.6 Å². The van der Waals surface area contributed by atoms with Gasteiger partial charge in [0.2, 0.25) is 0 Å². The molecule has 0 bridgehead atoms. The Hall–Kier alpha value is -1.71. The molecule has 0 aliphatic heterocycles. The highest BCUT2D eigenvalue weighted by Gasteiger charge is 2.15. The average molecular weight is 262 g/mol. The summed E-state index contributed by atoms with van der Waals surface area (Å²) in [7, 11) is 0. The first kappa shape index (κ1) is 13.7. The van der Waals surface area contributed by atoms with Gasteiger partial charge >= 0.3 is 6.03 Å². The summed E-state index contributed by atoms with van der Waals surface area (Å²) >= 11 is 0. The van der Waals surface area contributed by atoms with Gasteiger partial charge in [0, 0.05) is 6.04 Å². The first-order valence-corrected chi connectivity index (χ1v) is 6.98. The van der Waals surface area contributed by atoms with Gasteiger partial charge in [0.05, 0.1) is 0 Å². The summed E-state index contributed by atoms with van der Waals surface area (Å²) in [5, 5.41) is 5.70. The van der Waals surface area contributed by atoms with Gasteiger partial charge in [-0.1, -0.05) is 37.0 Å². The van der Waals surface area contributed by atoms with Gasteiger partial charge in [-0.25, -0.2) is 4.79 Å². The molecule has 0 spiro atoms. The molecular weight excluding hydrogens is 240 g/mol. The minimum atomic E-state index is -0.140. The quantitative estimate of drug-likeness (QED) is 0.820. The minimum Gasteiger partial charge on any atom is -0.473 e. The third kappa shape index (κ3) is 4.81. The summed E-state index contributed by atoms with van der Waals surface area (Å²) in [6.07, 6.45) is 5.89. The van der Waals surface area contributed by atoms with Crippen LogP contribution in [0.5, 0.6) is 5.75 Å². The van der Waals surface area contributed by atoms with Gasteiger partial charge in [0.15, 0.2) is 6.73 Å². The topological polar surface area (TPSA) is 50.4 Å². The minimum absolute atomic E-state index is 0.140.